The molecule has 4 heteroatoms. The number of nitrogens with zero attached hydrogens (tertiary/aromatic N) is 1. The third kappa shape index (κ3) is 4.62. The van der Waals surface area contributed by atoms with Gasteiger partial charge in [0.25, 0.3) is 0 Å². The van der Waals surface area contributed by atoms with E-state index in [-0.39, 0.29) is 6.04 Å². The van der Waals surface area contributed by atoms with Crippen molar-refractivity contribution in [2.75, 3.05) is 21.3 Å². The summed E-state index contributed by atoms with van der Waals surface area (Å²) in [5.74, 6) is 2.16. The van der Waals surface area contributed by atoms with Crippen molar-refractivity contribution < 1.29 is 14.2 Å². The Bertz CT molecular complexity index is 695. The van der Waals surface area contributed by atoms with Gasteiger partial charge in [-0.05, 0) is 17.7 Å². The lowest BCUT2D eigenvalue weighted by atomic mass is 10.0. The molecule has 0 aromatic heterocycles. The Morgan fingerprint density at radius 3 is 2.46 bits per heavy atom. The van der Waals surface area contributed by atoms with Gasteiger partial charge in [-0.3, -0.25) is 4.99 Å². The Labute approximate surface area is 143 Å². The molecule has 0 aliphatic heterocycles. The van der Waals surface area contributed by atoms with E-state index in [2.05, 4.69) is 18.7 Å². The molecule has 24 heavy (non-hydrogen) atoms. The quantitative estimate of drug-likeness (QED) is 0.533. The zero-order valence-corrected chi connectivity index (χ0v) is 14.4. The maximum Gasteiger partial charge on any atom is 0.131 e. The number of hydrogen-bond acceptors (Lipinski definition) is 4. The van der Waals surface area contributed by atoms with Gasteiger partial charge in [-0.25, -0.2) is 0 Å². The molecule has 0 aliphatic rings. The van der Waals surface area contributed by atoms with Gasteiger partial charge in [0.05, 0.1) is 33.1 Å². The molecule has 1 unspecified atom stereocenters. The lowest BCUT2D eigenvalue weighted by molar-refractivity contribution is 0.273. The van der Waals surface area contributed by atoms with E-state index in [1.165, 1.54) is 0 Å². The van der Waals surface area contributed by atoms with E-state index in [4.69, 9.17) is 19.2 Å². The first-order chi connectivity index (χ1) is 11.7. The van der Waals surface area contributed by atoms with Gasteiger partial charge < -0.3 is 14.2 Å². The van der Waals surface area contributed by atoms with E-state index in [0.717, 1.165) is 22.6 Å². The molecule has 0 fully saturated rings. The van der Waals surface area contributed by atoms with Gasteiger partial charge in [-0.15, -0.1) is 0 Å². The highest BCUT2D eigenvalue weighted by atomic mass is 16.5. The van der Waals surface area contributed by atoms with Crippen LogP contribution in [0, 0.1) is 0 Å². The molecule has 1 atom stereocenters. The smallest absolute Gasteiger partial charge is 0.131 e. The van der Waals surface area contributed by atoms with Crippen LogP contribution in [0.5, 0.6) is 11.5 Å². The van der Waals surface area contributed by atoms with E-state index in [0.29, 0.717) is 12.2 Å². The molecule has 4 nitrogen and oxygen atoms in total. The summed E-state index contributed by atoms with van der Waals surface area (Å²) in [5.41, 5.74) is 2.00. The van der Waals surface area contributed by atoms with Gasteiger partial charge in [0.1, 0.15) is 11.5 Å². The van der Waals surface area contributed by atoms with Gasteiger partial charge in [0, 0.05) is 24.3 Å². The predicted octanol–water partition coefficient (Wildman–Crippen LogP) is 4.41. The molecule has 0 aliphatic carbocycles. The lowest BCUT2D eigenvalue weighted by Gasteiger charge is -2.14. The van der Waals surface area contributed by atoms with Crippen molar-refractivity contribution in [3.05, 3.63) is 72.0 Å². The van der Waals surface area contributed by atoms with Crippen LogP contribution < -0.4 is 9.47 Å². The molecule has 0 spiro atoms. The van der Waals surface area contributed by atoms with E-state index in [9.17, 15) is 0 Å². The van der Waals surface area contributed by atoms with Gasteiger partial charge >= 0.3 is 0 Å². The van der Waals surface area contributed by atoms with Crippen molar-refractivity contribution in [1.82, 2.24) is 0 Å². The number of aliphatic imine (C=N–C) groups is 1. The van der Waals surface area contributed by atoms with Crippen molar-refractivity contribution >= 4 is 6.21 Å². The average Bonchev–Trinajstić information content (AvgIpc) is 2.65. The molecule has 0 radical (unpaired) electrons. The second-order valence-electron chi connectivity index (χ2n) is 5.26. The van der Waals surface area contributed by atoms with Gasteiger partial charge in [0.2, 0.25) is 0 Å². The van der Waals surface area contributed by atoms with E-state index >= 15 is 0 Å². The van der Waals surface area contributed by atoms with Crippen LogP contribution in [0.2, 0.25) is 0 Å². The Balaban J connectivity index is 2.28. The number of rotatable bonds is 8. The number of ether oxygens (including phenoxy) is 3. The maximum absolute atomic E-state index is 5.41. The zero-order valence-electron chi connectivity index (χ0n) is 14.4. The predicted molar refractivity (Wildman–Crippen MR) is 97.1 cm³/mol. The van der Waals surface area contributed by atoms with Gasteiger partial charge in [-0.2, -0.15) is 0 Å². The highest BCUT2D eigenvalue weighted by molar-refractivity contribution is 5.84. The molecule has 2 aromatic rings. The van der Waals surface area contributed by atoms with Crippen LogP contribution in [-0.4, -0.2) is 27.5 Å². The van der Waals surface area contributed by atoms with E-state index in [1.807, 2.05) is 42.6 Å². The molecule has 0 saturated carbocycles. The fourth-order valence-corrected chi connectivity index (χ4v) is 2.33. The Kier molecular flexibility index (Phi) is 6.43. The van der Waals surface area contributed by atoms with Crippen LogP contribution in [0.4, 0.5) is 0 Å². The zero-order chi connectivity index (χ0) is 17.4. The summed E-state index contributed by atoms with van der Waals surface area (Å²) in [5, 5.41) is 0. The summed E-state index contributed by atoms with van der Waals surface area (Å²) in [6, 6.07) is 15.7. The molecule has 0 N–H and O–H groups in total. The van der Waals surface area contributed by atoms with Gasteiger partial charge in [0.15, 0.2) is 0 Å². The third-order valence-corrected chi connectivity index (χ3v) is 3.73. The molecule has 126 valence electrons. The molecule has 0 saturated heterocycles. The van der Waals surface area contributed by atoms with Crippen LogP contribution in [0.1, 0.15) is 23.6 Å². The normalized spacial score (nSPS) is 12.0. The molecule has 0 bridgehead atoms. The fraction of sp³-hybridized carbons (Fsp3) is 0.250. The third-order valence-electron chi connectivity index (χ3n) is 3.73. The van der Waals surface area contributed by atoms with Crippen LogP contribution >= 0.6 is 0 Å². The fourth-order valence-electron chi connectivity index (χ4n) is 2.33. The van der Waals surface area contributed by atoms with E-state index < -0.39 is 0 Å². The summed E-state index contributed by atoms with van der Waals surface area (Å²) in [6.45, 7) is 3.91. The molecule has 0 amide bonds. The highest BCUT2D eigenvalue weighted by Gasteiger charge is 2.12. The van der Waals surface area contributed by atoms with Crippen molar-refractivity contribution in [3.63, 3.8) is 0 Å². The van der Waals surface area contributed by atoms with Crippen LogP contribution in [-0.2, 0) is 4.74 Å². The molecule has 0 heterocycles. The number of benzene rings is 2. The lowest BCUT2D eigenvalue weighted by Crippen LogP contribution is -2.00. The van der Waals surface area contributed by atoms with Crippen LogP contribution in [0.25, 0.3) is 0 Å². The molecular formula is C20H23NO3. The Hall–Kier alpha value is -2.75. The Morgan fingerprint density at radius 1 is 1.08 bits per heavy atom. The largest absolute Gasteiger partial charge is 0.502 e. The molecule has 2 aromatic carbocycles. The summed E-state index contributed by atoms with van der Waals surface area (Å²) in [6.07, 6.45) is 2.44. The monoisotopic (exact) mass is 325 g/mol. The molecule has 2 rings (SSSR count). The highest BCUT2D eigenvalue weighted by Crippen LogP contribution is 2.27. The second-order valence-corrected chi connectivity index (χ2v) is 5.26. The topological polar surface area (TPSA) is 40.0 Å². The first kappa shape index (κ1) is 17.6. The minimum atomic E-state index is -0.0644. The first-order valence-corrected chi connectivity index (χ1v) is 7.69. The minimum absolute atomic E-state index is 0.0644. The van der Waals surface area contributed by atoms with Crippen molar-refractivity contribution in [1.29, 1.82) is 0 Å². The summed E-state index contributed by atoms with van der Waals surface area (Å²) in [4.78, 5) is 4.73. The van der Waals surface area contributed by atoms with Crippen molar-refractivity contribution in [3.8, 4) is 11.5 Å². The molecular weight excluding hydrogens is 302 g/mol. The summed E-state index contributed by atoms with van der Waals surface area (Å²) < 4.78 is 15.9. The minimum Gasteiger partial charge on any atom is -0.502 e. The summed E-state index contributed by atoms with van der Waals surface area (Å²) >= 11 is 0. The van der Waals surface area contributed by atoms with Crippen LogP contribution in [0.15, 0.2) is 65.9 Å². The van der Waals surface area contributed by atoms with E-state index in [1.54, 1.807) is 21.3 Å². The number of methoxy groups -OCH3 is 3. The average molecular weight is 325 g/mol. The van der Waals surface area contributed by atoms with Gasteiger partial charge in [-0.1, -0.05) is 36.9 Å². The second kappa shape index (κ2) is 8.77. The van der Waals surface area contributed by atoms with Crippen LogP contribution in [0.3, 0.4) is 0 Å². The maximum atomic E-state index is 5.41. The SMILES string of the molecule is C=C(CC(N=Cc1ccc(OC)cc1OC)c1ccccc1)OC. The first-order valence-electron chi connectivity index (χ1n) is 7.69. The number of hydrogen-bond donors (Lipinski definition) is 0. The standard InChI is InChI=1S/C20H23NO3/c1-15(22-2)12-19(16-8-6-5-7-9-16)21-14-17-10-11-18(23-3)13-20(17)24-4/h5-11,13-14,19H,1,12H2,2-4H3. The van der Waals surface area contributed by atoms with Crippen molar-refractivity contribution in [2.24, 2.45) is 4.99 Å². The van der Waals surface area contributed by atoms with Crippen molar-refractivity contribution in [2.45, 2.75) is 12.5 Å². The summed E-state index contributed by atoms with van der Waals surface area (Å²) in [7, 11) is 4.89. The Morgan fingerprint density at radius 2 is 1.83 bits per heavy atom.